The summed E-state index contributed by atoms with van der Waals surface area (Å²) in [5.41, 5.74) is 3.76. The Labute approximate surface area is 180 Å². The number of anilines is 1. The molecule has 5 rings (SSSR count). The number of amides is 3. The van der Waals surface area contributed by atoms with Gasteiger partial charge in [-0.3, -0.25) is 24.3 Å². The van der Waals surface area contributed by atoms with Crippen LogP contribution in [0.1, 0.15) is 31.2 Å². The van der Waals surface area contributed by atoms with Gasteiger partial charge >= 0.3 is 0 Å². The van der Waals surface area contributed by atoms with E-state index in [2.05, 4.69) is 15.3 Å². The van der Waals surface area contributed by atoms with E-state index in [1.54, 1.807) is 23.4 Å². The van der Waals surface area contributed by atoms with Crippen LogP contribution < -0.4 is 5.32 Å². The Hall–Kier alpha value is -3.55. The molecule has 158 valence electrons. The average Bonchev–Trinajstić information content (AvgIpc) is 3.55. The van der Waals surface area contributed by atoms with Crippen molar-refractivity contribution in [2.75, 3.05) is 18.4 Å². The number of nitrogens with one attached hydrogen (secondary N) is 1. The van der Waals surface area contributed by atoms with Crippen LogP contribution in [0, 0.1) is 6.92 Å². The van der Waals surface area contributed by atoms with E-state index in [1.165, 1.54) is 4.90 Å². The Balaban J connectivity index is 1.26. The third kappa shape index (κ3) is 3.69. The van der Waals surface area contributed by atoms with Gasteiger partial charge in [-0.15, -0.1) is 0 Å². The van der Waals surface area contributed by atoms with Gasteiger partial charge in [0.25, 0.3) is 11.8 Å². The third-order valence-corrected chi connectivity index (χ3v) is 5.84. The van der Waals surface area contributed by atoms with E-state index in [0.717, 1.165) is 36.1 Å². The van der Waals surface area contributed by atoms with Crippen LogP contribution >= 0.6 is 0 Å². The summed E-state index contributed by atoms with van der Waals surface area (Å²) in [6.45, 7) is 2.59. The number of aryl methyl sites for hydroxylation is 1. The van der Waals surface area contributed by atoms with Crippen LogP contribution in [-0.4, -0.2) is 56.6 Å². The minimum Gasteiger partial charge on any atom is -0.357 e. The molecular weight excluding hydrogens is 394 g/mol. The minimum atomic E-state index is -0.271. The molecule has 1 fully saturated rings. The lowest BCUT2D eigenvalue weighted by molar-refractivity contribution is -0.138. The van der Waals surface area contributed by atoms with Gasteiger partial charge in [-0.25, -0.2) is 4.98 Å². The normalized spacial score (nSPS) is 18.5. The van der Waals surface area contributed by atoms with Gasteiger partial charge in [0, 0.05) is 36.1 Å². The minimum absolute atomic E-state index is 0.0131. The number of aromatic nitrogens is 2. The van der Waals surface area contributed by atoms with Gasteiger partial charge in [0.1, 0.15) is 11.5 Å². The second kappa shape index (κ2) is 7.61. The van der Waals surface area contributed by atoms with Crippen molar-refractivity contribution in [1.82, 2.24) is 19.8 Å². The van der Waals surface area contributed by atoms with E-state index in [-0.39, 0.29) is 30.3 Å². The lowest BCUT2D eigenvalue weighted by Crippen LogP contribution is -2.40. The third-order valence-electron chi connectivity index (χ3n) is 5.84. The molecule has 2 aromatic rings. The number of rotatable bonds is 5. The molecule has 1 N–H and O–H groups in total. The van der Waals surface area contributed by atoms with Crippen molar-refractivity contribution in [2.45, 2.75) is 38.6 Å². The zero-order valence-electron chi connectivity index (χ0n) is 17.3. The maximum atomic E-state index is 12.8. The summed E-state index contributed by atoms with van der Waals surface area (Å²) in [5, 5.41) is 2.79. The number of carbonyl (C=O) groups excluding carboxylic acids is 3. The van der Waals surface area contributed by atoms with Crippen molar-refractivity contribution in [2.24, 2.45) is 0 Å². The van der Waals surface area contributed by atoms with Gasteiger partial charge in [-0.1, -0.05) is 0 Å². The molecule has 0 radical (unpaired) electrons. The fraction of sp³-hybridized carbons (Fsp3) is 0.348. The van der Waals surface area contributed by atoms with Crippen molar-refractivity contribution >= 4 is 23.5 Å². The predicted octanol–water partition coefficient (Wildman–Crippen LogP) is 2.27. The summed E-state index contributed by atoms with van der Waals surface area (Å²) in [6, 6.07) is 7.53. The Morgan fingerprint density at radius 1 is 1.16 bits per heavy atom. The summed E-state index contributed by atoms with van der Waals surface area (Å²) in [7, 11) is 0. The largest absolute Gasteiger partial charge is 0.357 e. The molecule has 3 aliphatic rings. The van der Waals surface area contributed by atoms with Crippen molar-refractivity contribution < 1.29 is 14.4 Å². The highest BCUT2D eigenvalue weighted by molar-refractivity contribution is 6.19. The molecule has 2 aliphatic heterocycles. The number of carbonyl (C=O) groups is 3. The van der Waals surface area contributed by atoms with Crippen LogP contribution in [0.25, 0.3) is 11.3 Å². The second-order valence-electron chi connectivity index (χ2n) is 8.26. The zero-order valence-corrected chi connectivity index (χ0v) is 17.3. The molecule has 0 unspecified atom stereocenters. The molecule has 0 bridgehead atoms. The maximum Gasteiger partial charge on any atom is 0.277 e. The van der Waals surface area contributed by atoms with E-state index in [0.29, 0.717) is 30.1 Å². The molecule has 8 nitrogen and oxygen atoms in total. The molecular formula is C23H23N5O3. The fourth-order valence-electron chi connectivity index (χ4n) is 4.18. The molecule has 0 saturated heterocycles. The monoisotopic (exact) mass is 417 g/mol. The molecule has 0 spiro atoms. The molecule has 3 amide bonds. The Morgan fingerprint density at radius 2 is 2.00 bits per heavy atom. The highest BCUT2D eigenvalue weighted by Crippen LogP contribution is 2.38. The quantitative estimate of drug-likeness (QED) is 0.750. The highest BCUT2D eigenvalue weighted by Gasteiger charge is 2.48. The van der Waals surface area contributed by atoms with Gasteiger partial charge in [0.2, 0.25) is 5.91 Å². The van der Waals surface area contributed by atoms with Gasteiger partial charge in [-0.2, -0.15) is 0 Å². The van der Waals surface area contributed by atoms with Gasteiger partial charge in [0.15, 0.2) is 0 Å². The van der Waals surface area contributed by atoms with Gasteiger partial charge in [-0.05, 0) is 62.4 Å². The van der Waals surface area contributed by atoms with Crippen molar-refractivity contribution in [3.05, 3.63) is 53.5 Å². The molecule has 8 heteroatoms. The Morgan fingerprint density at radius 3 is 2.71 bits per heavy atom. The van der Waals surface area contributed by atoms with Crippen molar-refractivity contribution in [1.29, 1.82) is 0 Å². The van der Waals surface area contributed by atoms with Gasteiger partial charge < -0.3 is 10.2 Å². The second-order valence-corrected chi connectivity index (χ2v) is 8.26. The molecule has 1 aliphatic carbocycles. The van der Waals surface area contributed by atoms with Crippen LogP contribution in [0.3, 0.4) is 0 Å². The summed E-state index contributed by atoms with van der Waals surface area (Å²) in [5.74, 6) is -0.258. The van der Waals surface area contributed by atoms with E-state index in [1.807, 2.05) is 25.1 Å². The van der Waals surface area contributed by atoms with E-state index in [9.17, 15) is 14.4 Å². The average molecular weight is 417 g/mol. The molecule has 31 heavy (non-hydrogen) atoms. The summed E-state index contributed by atoms with van der Waals surface area (Å²) >= 11 is 0. The van der Waals surface area contributed by atoms with Crippen LogP contribution in [-0.2, 0) is 14.4 Å². The van der Waals surface area contributed by atoms with Crippen LogP contribution in [0.4, 0.5) is 5.82 Å². The molecule has 2 aromatic heterocycles. The number of hydrogen-bond acceptors (Lipinski definition) is 6. The summed E-state index contributed by atoms with van der Waals surface area (Å²) in [6.07, 6.45) is 6.51. The van der Waals surface area contributed by atoms with Crippen molar-refractivity contribution in [3.63, 3.8) is 0 Å². The first kappa shape index (κ1) is 19.4. The number of pyridine rings is 2. The predicted molar refractivity (Wildman–Crippen MR) is 114 cm³/mol. The molecule has 0 atom stereocenters. The smallest absolute Gasteiger partial charge is 0.277 e. The van der Waals surface area contributed by atoms with E-state index < -0.39 is 0 Å². The number of imide groups is 1. The zero-order chi connectivity index (χ0) is 21.5. The van der Waals surface area contributed by atoms with Crippen LogP contribution in [0.5, 0.6) is 0 Å². The summed E-state index contributed by atoms with van der Waals surface area (Å²) < 4.78 is 0. The fourth-order valence-corrected chi connectivity index (χ4v) is 4.18. The lowest BCUT2D eigenvalue weighted by Gasteiger charge is -2.28. The van der Waals surface area contributed by atoms with E-state index in [4.69, 9.17) is 0 Å². The molecule has 1 saturated carbocycles. The van der Waals surface area contributed by atoms with E-state index >= 15 is 0 Å². The SMILES string of the molecule is Cc1ccnc(-c2ccc(NC(=O)CN3CCCC4=C3C(=O)N(C3CC3)C4=O)nc2)c1. The van der Waals surface area contributed by atoms with Crippen LogP contribution in [0.2, 0.25) is 0 Å². The lowest BCUT2D eigenvalue weighted by atomic mass is 10.0. The maximum absolute atomic E-state index is 12.8. The Bertz CT molecular complexity index is 1100. The number of hydrogen-bond donors (Lipinski definition) is 1. The molecule has 0 aromatic carbocycles. The first-order chi connectivity index (χ1) is 15.0. The van der Waals surface area contributed by atoms with Crippen molar-refractivity contribution in [3.8, 4) is 11.3 Å². The molecule has 4 heterocycles. The first-order valence-electron chi connectivity index (χ1n) is 10.6. The topological polar surface area (TPSA) is 95.5 Å². The standard InChI is InChI=1S/C23H23N5O3/c1-14-8-9-24-18(11-14)15-4-7-19(25-12-15)26-20(29)13-27-10-2-3-17-21(27)23(31)28(22(17)30)16-5-6-16/h4,7-9,11-12,16H,2-3,5-6,10,13H2,1H3,(H,25,26,29). The Kier molecular flexibility index (Phi) is 4.77. The highest BCUT2D eigenvalue weighted by atomic mass is 16.2. The summed E-state index contributed by atoms with van der Waals surface area (Å²) in [4.78, 5) is 49.9. The van der Waals surface area contributed by atoms with Gasteiger partial charge in [0.05, 0.1) is 12.2 Å². The van der Waals surface area contributed by atoms with Crippen LogP contribution in [0.15, 0.2) is 47.9 Å². The number of nitrogens with zero attached hydrogens (tertiary/aromatic N) is 4. The first-order valence-corrected chi connectivity index (χ1v) is 10.6.